The molecule has 0 spiro atoms. The van der Waals surface area contributed by atoms with Crippen molar-refractivity contribution in [3.63, 3.8) is 0 Å². The zero-order valence-electron chi connectivity index (χ0n) is 26.5. The van der Waals surface area contributed by atoms with Crippen LogP contribution in [0.1, 0.15) is 34.3 Å². The van der Waals surface area contributed by atoms with Crippen molar-refractivity contribution in [2.75, 3.05) is 39.0 Å². The molecular weight excluding hydrogens is 630 g/mol. The lowest BCUT2D eigenvalue weighted by Gasteiger charge is -2.40. The largest absolute Gasteiger partial charge is 0.496 e. The van der Waals surface area contributed by atoms with Crippen molar-refractivity contribution in [2.24, 2.45) is 0 Å². The van der Waals surface area contributed by atoms with Crippen LogP contribution in [0.25, 0.3) is 22.0 Å². The van der Waals surface area contributed by atoms with Gasteiger partial charge in [-0.05, 0) is 66.9 Å². The van der Waals surface area contributed by atoms with Crippen LogP contribution in [0.15, 0.2) is 102 Å². The third kappa shape index (κ3) is 6.00. The minimum absolute atomic E-state index is 0.0538. The molecule has 1 aromatic heterocycles. The number of benzene rings is 4. The molecule has 1 aliphatic heterocycles. The molecule has 0 unspecified atom stereocenters. The number of carbonyl (C=O) groups excluding carboxylic acids is 1. The summed E-state index contributed by atoms with van der Waals surface area (Å²) in [5, 5.41) is 0.881. The molecule has 1 amide bonds. The molecule has 0 radical (unpaired) electrons. The van der Waals surface area contributed by atoms with Crippen LogP contribution in [-0.4, -0.2) is 62.4 Å². The van der Waals surface area contributed by atoms with Crippen LogP contribution in [0.3, 0.4) is 0 Å². The molecule has 0 atom stereocenters. The van der Waals surface area contributed by atoms with E-state index in [-0.39, 0.29) is 28.7 Å². The van der Waals surface area contributed by atoms with Crippen LogP contribution in [0, 0.1) is 5.82 Å². The summed E-state index contributed by atoms with van der Waals surface area (Å²) in [5.74, 6) is 0.0579. The van der Waals surface area contributed by atoms with Gasteiger partial charge in [-0.2, -0.15) is 0 Å². The van der Waals surface area contributed by atoms with Crippen molar-refractivity contribution in [1.82, 2.24) is 19.5 Å². The molecule has 246 valence electrons. The van der Waals surface area contributed by atoms with E-state index in [2.05, 4.69) is 14.6 Å². The Labute approximate surface area is 279 Å². The van der Waals surface area contributed by atoms with Crippen molar-refractivity contribution in [3.8, 4) is 16.9 Å². The molecule has 7 rings (SSSR count). The Kier molecular flexibility index (Phi) is 8.36. The fraction of sp³-hybridized carbons (Fsp3) is 0.243. The van der Waals surface area contributed by atoms with E-state index < -0.39 is 10.0 Å². The number of rotatable bonds is 9. The molecule has 4 aromatic carbocycles. The molecule has 1 saturated heterocycles. The fourth-order valence-electron chi connectivity index (χ4n) is 6.77. The van der Waals surface area contributed by atoms with E-state index in [1.807, 2.05) is 47.4 Å². The van der Waals surface area contributed by atoms with Crippen molar-refractivity contribution >= 4 is 32.5 Å². The van der Waals surface area contributed by atoms with Crippen LogP contribution >= 0.6 is 0 Å². The molecule has 1 aliphatic carbocycles. The molecule has 2 heterocycles. The average molecular weight is 666 g/mol. The third-order valence-electron chi connectivity index (χ3n) is 9.48. The Morgan fingerprint density at radius 2 is 1.69 bits per heavy atom. The number of anilines is 1. The molecule has 3 N–H and O–H groups in total. The Morgan fingerprint density at radius 3 is 2.42 bits per heavy atom. The minimum Gasteiger partial charge on any atom is -0.496 e. The van der Waals surface area contributed by atoms with Crippen LogP contribution in [0.4, 0.5) is 10.1 Å². The van der Waals surface area contributed by atoms with E-state index in [0.29, 0.717) is 52.3 Å². The zero-order chi connectivity index (χ0) is 33.5. The van der Waals surface area contributed by atoms with Gasteiger partial charge in [-0.3, -0.25) is 14.7 Å². The summed E-state index contributed by atoms with van der Waals surface area (Å²) in [4.78, 5) is 22.3. The Morgan fingerprint density at radius 1 is 0.938 bits per heavy atom. The van der Waals surface area contributed by atoms with Gasteiger partial charge in [-0.15, -0.1) is 0 Å². The van der Waals surface area contributed by atoms with E-state index in [1.165, 1.54) is 25.3 Å². The number of aromatic nitrogens is 1. The van der Waals surface area contributed by atoms with Crippen LogP contribution < -0.4 is 15.2 Å². The van der Waals surface area contributed by atoms with E-state index in [0.717, 1.165) is 36.9 Å². The van der Waals surface area contributed by atoms with Gasteiger partial charge in [0, 0.05) is 77.8 Å². The first-order valence-electron chi connectivity index (χ1n) is 15.9. The number of nitrogens with zero attached hydrogens (tertiary/aromatic N) is 3. The lowest BCUT2D eigenvalue weighted by atomic mass is 10.0. The number of nitrogens with one attached hydrogen (secondary N) is 1. The predicted octanol–water partition coefficient (Wildman–Crippen LogP) is 5.56. The maximum Gasteiger partial charge on any atom is 0.254 e. The number of hydrogen-bond acceptors (Lipinski definition) is 7. The Hall–Kier alpha value is -4.84. The third-order valence-corrected chi connectivity index (χ3v) is 10.9. The van der Waals surface area contributed by atoms with Crippen molar-refractivity contribution in [3.05, 3.63) is 120 Å². The van der Waals surface area contributed by atoms with E-state index in [9.17, 15) is 17.6 Å². The zero-order valence-corrected chi connectivity index (χ0v) is 27.3. The molecule has 48 heavy (non-hydrogen) atoms. The van der Waals surface area contributed by atoms with Crippen LogP contribution in [0.2, 0.25) is 0 Å². The van der Waals surface area contributed by atoms with Gasteiger partial charge in [0.25, 0.3) is 5.91 Å². The summed E-state index contributed by atoms with van der Waals surface area (Å²) in [5.41, 5.74) is 10.4. The molecule has 1 saturated carbocycles. The molecule has 2 fully saturated rings. The van der Waals surface area contributed by atoms with E-state index in [1.54, 1.807) is 36.5 Å². The summed E-state index contributed by atoms with van der Waals surface area (Å²) in [6.45, 7) is 2.54. The molecule has 9 nitrogen and oxygen atoms in total. The van der Waals surface area contributed by atoms with Gasteiger partial charge in [0.05, 0.1) is 17.5 Å². The predicted molar refractivity (Wildman–Crippen MR) is 183 cm³/mol. The summed E-state index contributed by atoms with van der Waals surface area (Å²) in [6.07, 6.45) is 3.72. The summed E-state index contributed by atoms with van der Waals surface area (Å²) in [7, 11) is -2.52. The van der Waals surface area contributed by atoms with Gasteiger partial charge in [0.15, 0.2) is 0 Å². The first-order valence-corrected chi connectivity index (χ1v) is 17.4. The lowest BCUT2D eigenvalue weighted by Crippen LogP contribution is -2.52. The monoisotopic (exact) mass is 665 g/mol. The van der Waals surface area contributed by atoms with Crippen molar-refractivity contribution < 1.29 is 22.3 Å². The number of hydrogen-bond donors (Lipinski definition) is 2. The second-order valence-corrected chi connectivity index (χ2v) is 14.0. The number of carbonyl (C=O) groups is 1. The quantitative estimate of drug-likeness (QED) is 0.198. The van der Waals surface area contributed by atoms with Gasteiger partial charge in [-0.1, -0.05) is 42.5 Å². The summed E-state index contributed by atoms with van der Waals surface area (Å²) >= 11 is 0. The number of fused-ring (bicyclic) bond motifs is 1. The summed E-state index contributed by atoms with van der Waals surface area (Å²) in [6, 6.07) is 25.9. The highest BCUT2D eigenvalue weighted by Crippen LogP contribution is 2.51. The highest BCUT2D eigenvalue weighted by molar-refractivity contribution is 7.89. The average Bonchev–Trinajstić information content (AvgIpc) is 3.92. The summed E-state index contributed by atoms with van der Waals surface area (Å²) < 4.78 is 49.3. The number of methoxy groups -OCH3 is 1. The highest BCUT2D eigenvalue weighted by Gasteiger charge is 2.50. The molecular formula is C37H36FN5O4S. The maximum atomic E-state index is 13.7. The number of halogens is 1. The van der Waals surface area contributed by atoms with Crippen molar-refractivity contribution in [1.29, 1.82) is 0 Å². The second-order valence-electron chi connectivity index (χ2n) is 12.3. The normalized spacial score (nSPS) is 16.2. The number of pyridine rings is 1. The van der Waals surface area contributed by atoms with Gasteiger partial charge in [-0.25, -0.2) is 17.5 Å². The topological polar surface area (TPSA) is 118 Å². The van der Waals surface area contributed by atoms with Gasteiger partial charge in [0.1, 0.15) is 11.6 Å². The number of para-hydroxylation sites is 1. The lowest BCUT2D eigenvalue weighted by molar-refractivity contribution is 0.0531. The first kappa shape index (κ1) is 31.7. The van der Waals surface area contributed by atoms with Crippen LogP contribution in [0.5, 0.6) is 5.75 Å². The number of amides is 1. The number of nitrogens with two attached hydrogens (primary N) is 1. The van der Waals surface area contributed by atoms with Gasteiger partial charge >= 0.3 is 0 Å². The molecule has 2 aliphatic rings. The minimum atomic E-state index is -4.01. The second kappa shape index (κ2) is 12.6. The number of piperazine rings is 1. The Balaban J connectivity index is 1.05. The van der Waals surface area contributed by atoms with Gasteiger partial charge in [0.2, 0.25) is 10.0 Å². The standard InChI is InChI=1S/C37H36FN5O4S/c1-47-33-22-26(36(44)42-18-20-43(21-19-42)37(15-16-37)28-9-11-29(38)12-10-28)7-8-27(33)24-41-48(45,46)34-14-13-30(39)23-32(34)31-6-2-4-25-5-3-17-40-35(25)31/h2-14,17,22-23,41H,15-16,18-21,24,39H2,1H3. The molecule has 5 aromatic rings. The van der Waals surface area contributed by atoms with Gasteiger partial charge < -0.3 is 15.4 Å². The molecule has 0 bridgehead atoms. The van der Waals surface area contributed by atoms with Crippen molar-refractivity contribution in [2.45, 2.75) is 29.8 Å². The number of nitrogen functional groups attached to an aromatic ring is 1. The van der Waals surface area contributed by atoms with Crippen LogP contribution in [-0.2, 0) is 22.1 Å². The molecule has 11 heteroatoms. The smallest absolute Gasteiger partial charge is 0.254 e. The fourth-order valence-corrected chi connectivity index (χ4v) is 7.98. The Bertz CT molecular complexity index is 2110. The SMILES string of the molecule is COc1cc(C(=O)N2CCN(C3(c4ccc(F)cc4)CC3)CC2)ccc1CNS(=O)(=O)c1ccc(N)cc1-c1cccc2cccnc12. The number of sulfonamides is 1. The van der Waals surface area contributed by atoms with E-state index in [4.69, 9.17) is 10.5 Å². The highest BCUT2D eigenvalue weighted by atomic mass is 32.2. The maximum absolute atomic E-state index is 13.7. The first-order chi connectivity index (χ1) is 23.2. The van der Waals surface area contributed by atoms with E-state index >= 15 is 0 Å². The number of ether oxygens (including phenoxy) is 1.